The largest absolute Gasteiger partial charge is 2.00 e. The van der Waals surface area contributed by atoms with Crippen LogP contribution in [0.3, 0.4) is 0 Å². The molecule has 0 aliphatic heterocycles. The van der Waals surface area contributed by atoms with Gasteiger partial charge in [-0.1, -0.05) is 0 Å². The van der Waals surface area contributed by atoms with Crippen molar-refractivity contribution in [2.45, 2.75) is 0 Å². The molecule has 22 heavy (non-hydrogen) atoms. The van der Waals surface area contributed by atoms with E-state index in [-0.39, 0.29) is 93.8 Å². The Morgan fingerprint density at radius 2 is 1.36 bits per heavy atom. The Morgan fingerprint density at radius 3 is 1.73 bits per heavy atom. The van der Waals surface area contributed by atoms with Crippen molar-refractivity contribution in [3.8, 4) is 0 Å². The molecule has 0 aromatic rings. The van der Waals surface area contributed by atoms with Crippen molar-refractivity contribution in [3.63, 3.8) is 0 Å². The zero-order valence-electron chi connectivity index (χ0n) is 10.7. The Hall–Kier alpha value is 1.70. The minimum absolute atomic E-state index is 0. The van der Waals surface area contributed by atoms with E-state index in [0.29, 0.717) is 0 Å². The molecule has 0 saturated carbocycles. The first kappa shape index (κ1) is 34.9. The van der Waals surface area contributed by atoms with Crippen LogP contribution in [-0.4, -0.2) is 147 Å². The van der Waals surface area contributed by atoms with Gasteiger partial charge < -0.3 is 11.0 Å². The number of hydrogen-bond acceptors (Lipinski definition) is 14. The maximum absolute atomic E-state index is 10.8. The predicted molar refractivity (Wildman–Crippen MR) is 63.4 cm³/mol. The molecule has 0 aliphatic carbocycles. The van der Waals surface area contributed by atoms with Crippen LogP contribution >= 0.6 is 0 Å². The van der Waals surface area contributed by atoms with E-state index in [1.807, 2.05) is 0 Å². The normalized spacial score (nSPS) is 7.32. The van der Waals surface area contributed by atoms with E-state index >= 15 is 0 Å². The molecule has 14 nitrogen and oxygen atoms in total. The van der Waals surface area contributed by atoms with Crippen LogP contribution in [0.2, 0.25) is 0 Å². The summed E-state index contributed by atoms with van der Waals surface area (Å²) in [7, 11) is -13.8. The van der Waals surface area contributed by atoms with Gasteiger partial charge in [-0.2, -0.15) is 0 Å². The van der Waals surface area contributed by atoms with Gasteiger partial charge >= 0.3 is 178 Å². The van der Waals surface area contributed by atoms with E-state index in [0.717, 1.165) is 0 Å². The first-order chi connectivity index (χ1) is 8.35. The Bertz CT molecular complexity index is 268. The zero-order chi connectivity index (χ0) is 14.1. The molecule has 0 bridgehead atoms. The van der Waals surface area contributed by atoms with Gasteiger partial charge in [-0.25, -0.2) is 0 Å². The summed E-state index contributed by atoms with van der Waals surface area (Å²) in [5, 5.41) is 46.2. The molecule has 5 N–H and O–H groups in total. The molecule has 0 fully saturated rings. The molecule has 0 aromatic heterocycles. The third-order valence-electron chi connectivity index (χ3n) is 1.02. The molecule has 0 amide bonds. The first-order valence-corrected chi connectivity index (χ1v) is 5.20. The predicted octanol–water partition coefficient (Wildman–Crippen LogP) is -8.03. The minimum Gasteiger partial charge on any atom is -0.870 e. The maximum atomic E-state index is 10.8. The van der Waals surface area contributed by atoms with Gasteiger partial charge in [0.15, 0.2) is 0 Å². The molecule has 0 spiro atoms. The Balaban J connectivity index is -0.000000241. The van der Waals surface area contributed by atoms with E-state index in [9.17, 15) is 19.2 Å². The summed E-state index contributed by atoms with van der Waals surface area (Å²) < 4.78 is 39.4. The second-order valence-corrected chi connectivity index (χ2v) is 3.17. The first-order valence-electron chi connectivity index (χ1n) is 3.98. The average molecular weight is 391 g/mol. The molecular weight excluding hydrogens is 386 g/mol. The van der Waals surface area contributed by atoms with Crippen LogP contribution in [0.1, 0.15) is 0 Å². The smallest absolute Gasteiger partial charge is 0.870 e. The van der Waals surface area contributed by atoms with Crippen molar-refractivity contribution in [1.82, 2.24) is 0 Å². The van der Waals surface area contributed by atoms with Gasteiger partial charge in [0.2, 0.25) is 0 Å². The van der Waals surface area contributed by atoms with Crippen molar-refractivity contribution >= 4 is 121 Å². The molecule has 0 atom stereocenters. The van der Waals surface area contributed by atoms with Crippen molar-refractivity contribution in [1.29, 1.82) is 0 Å². The van der Waals surface area contributed by atoms with Gasteiger partial charge in [0.25, 0.3) is 0 Å². The van der Waals surface area contributed by atoms with Crippen LogP contribution < -0.4 is 10.0 Å². The third kappa shape index (κ3) is 21.7. The van der Waals surface area contributed by atoms with Crippen molar-refractivity contribution in [3.05, 3.63) is 0 Å². The summed E-state index contributed by atoms with van der Waals surface area (Å²) in [5.74, 6) is 0. The molecular formula is H5B5Ca2O14Si. The molecule has 0 rings (SSSR count). The molecule has 0 aromatic carbocycles. The number of rotatable bonds is 10. The van der Waals surface area contributed by atoms with Crippen LogP contribution in [0.5, 0.6) is 0 Å². The van der Waals surface area contributed by atoms with Crippen LogP contribution in [-0.2, 0) is 31.6 Å². The van der Waals surface area contributed by atoms with Crippen LogP contribution in [0.15, 0.2) is 0 Å². The van der Waals surface area contributed by atoms with Gasteiger partial charge in [-0.3, -0.25) is 0 Å². The third-order valence-corrected chi connectivity index (χ3v) is 1.79. The fourth-order valence-corrected chi connectivity index (χ4v) is 0.995. The molecule has 112 valence electrons. The number of hydrogen-bond donors (Lipinski definition) is 3. The average Bonchev–Trinajstić information content (AvgIpc) is 2.14. The summed E-state index contributed by atoms with van der Waals surface area (Å²) in [6, 6.07) is 0. The van der Waals surface area contributed by atoms with E-state index in [1.165, 1.54) is 0 Å². The topological polar surface area (TPSA) is 247 Å². The fraction of sp³-hybridized carbons (Fsp3) is 0. The molecule has 0 unspecified atom stereocenters. The summed E-state index contributed by atoms with van der Waals surface area (Å²) >= 11 is 0. The van der Waals surface area contributed by atoms with Crippen molar-refractivity contribution < 1.29 is 67.6 Å². The zero-order valence-corrected chi connectivity index (χ0v) is 16.1. The second kappa shape index (κ2) is 20.7. The summed E-state index contributed by atoms with van der Waals surface area (Å²) in [4.78, 5) is 0. The van der Waals surface area contributed by atoms with E-state index in [2.05, 4.69) is 22.4 Å². The quantitative estimate of drug-likeness (QED) is 0.293. The Labute approximate surface area is 186 Å². The van der Waals surface area contributed by atoms with E-state index in [1.54, 1.807) is 0 Å². The van der Waals surface area contributed by atoms with Gasteiger partial charge in [-0.15, -0.1) is 0 Å². The second-order valence-electron chi connectivity index (χ2n) is 2.20. The standard InChI is InChI=1S/B5H3O12Si.2Ca.2H2O/c6-1-13-3(9)15-5(11)17-18(12)16-4(10)14-2(7)8;;;;/h7-9H;;;2*1H2/q-2;2*+2;;/p-2. The molecule has 22 heteroatoms. The molecule has 0 aliphatic rings. The summed E-state index contributed by atoms with van der Waals surface area (Å²) in [6.07, 6.45) is 0. The van der Waals surface area contributed by atoms with Gasteiger partial charge in [0, 0.05) is 0 Å². The van der Waals surface area contributed by atoms with Crippen molar-refractivity contribution in [2.24, 2.45) is 0 Å². The van der Waals surface area contributed by atoms with E-state index in [4.69, 9.17) is 15.1 Å². The fourth-order valence-electron chi connectivity index (χ4n) is 0.515. The van der Waals surface area contributed by atoms with Gasteiger partial charge in [-0.05, 0) is 0 Å². The monoisotopic (exact) mass is 392 g/mol. The molecule has 0 radical (unpaired) electrons. The van der Waals surface area contributed by atoms with Gasteiger partial charge in [0.05, 0.1) is 0 Å². The Kier molecular flexibility index (Phi) is 32.9. The SMILES string of the molecule is O=BOB(O)OB([O-])O[Si](=O)OB([O-])OB(O)O.[Ca+2].[Ca+2].[OH-].[OH-]. The summed E-state index contributed by atoms with van der Waals surface area (Å²) in [5.41, 5.74) is 0. The van der Waals surface area contributed by atoms with Crippen LogP contribution in [0, 0.1) is 0 Å². The minimum atomic E-state index is -3.69. The maximum Gasteiger partial charge on any atom is 2.00 e. The van der Waals surface area contributed by atoms with E-state index < -0.39 is 38.5 Å². The summed E-state index contributed by atoms with van der Waals surface area (Å²) in [6.45, 7) is 0. The Morgan fingerprint density at radius 1 is 0.955 bits per heavy atom. The van der Waals surface area contributed by atoms with Crippen LogP contribution in [0.25, 0.3) is 0 Å². The molecule has 0 saturated heterocycles. The molecule has 0 heterocycles. The van der Waals surface area contributed by atoms with Crippen LogP contribution in [0.4, 0.5) is 0 Å². The van der Waals surface area contributed by atoms with Gasteiger partial charge in [0.1, 0.15) is 0 Å². The van der Waals surface area contributed by atoms with Crippen molar-refractivity contribution in [2.75, 3.05) is 0 Å².